The van der Waals surface area contributed by atoms with E-state index < -0.39 is 38.3 Å². The highest BCUT2D eigenvalue weighted by molar-refractivity contribution is 7.89. The first-order valence-electron chi connectivity index (χ1n) is 8.50. The van der Waals surface area contributed by atoms with Crippen molar-refractivity contribution in [1.82, 2.24) is 9.21 Å². The Hall–Kier alpha value is -2.43. The lowest BCUT2D eigenvalue weighted by molar-refractivity contribution is -0.117. The number of hydrogen-bond donors (Lipinski definition) is 1. The third kappa shape index (κ3) is 4.34. The zero-order chi connectivity index (χ0) is 20.3. The minimum atomic E-state index is -4.32. The summed E-state index contributed by atoms with van der Waals surface area (Å²) in [7, 11) is -4.32. The van der Waals surface area contributed by atoms with Gasteiger partial charge in [0.05, 0.1) is 12.2 Å². The number of hydrogen-bond acceptors (Lipinski definition) is 4. The largest absolute Gasteiger partial charge is 0.322 e. The van der Waals surface area contributed by atoms with Crippen LogP contribution in [0.25, 0.3) is 0 Å². The summed E-state index contributed by atoms with van der Waals surface area (Å²) in [5.74, 6) is -3.29. The van der Waals surface area contributed by atoms with Crippen molar-refractivity contribution in [1.29, 1.82) is 0 Å². The molecular formula is C18H18F3N3O3S. The molecule has 0 unspecified atom stereocenters. The molecule has 1 heterocycles. The summed E-state index contributed by atoms with van der Waals surface area (Å²) in [4.78, 5) is 12.8. The quantitative estimate of drug-likeness (QED) is 0.815. The van der Waals surface area contributed by atoms with Gasteiger partial charge in [-0.05, 0) is 24.3 Å². The number of benzene rings is 2. The topological polar surface area (TPSA) is 69.7 Å². The van der Waals surface area contributed by atoms with Crippen LogP contribution >= 0.6 is 0 Å². The second-order valence-electron chi connectivity index (χ2n) is 6.26. The zero-order valence-electron chi connectivity index (χ0n) is 14.7. The summed E-state index contributed by atoms with van der Waals surface area (Å²) in [5, 5.41) is 2.45. The molecular weight excluding hydrogens is 395 g/mol. The molecule has 2 aromatic carbocycles. The van der Waals surface area contributed by atoms with Crippen LogP contribution in [0, 0.1) is 17.5 Å². The van der Waals surface area contributed by atoms with E-state index in [-0.39, 0.29) is 38.4 Å². The molecule has 1 saturated heterocycles. The average molecular weight is 413 g/mol. The normalized spacial score (nSPS) is 16.1. The molecule has 10 heteroatoms. The van der Waals surface area contributed by atoms with Gasteiger partial charge in [0.2, 0.25) is 15.9 Å². The summed E-state index contributed by atoms with van der Waals surface area (Å²) in [6, 6.07) is 8.61. The Morgan fingerprint density at radius 2 is 1.46 bits per heavy atom. The van der Waals surface area contributed by atoms with Gasteiger partial charge in [-0.15, -0.1) is 0 Å². The predicted octanol–water partition coefficient (Wildman–Crippen LogP) is 2.05. The first-order chi connectivity index (χ1) is 13.3. The smallest absolute Gasteiger partial charge is 0.249 e. The number of amides is 1. The number of carbonyl (C=O) groups excluding carboxylic acids is 1. The van der Waals surface area contributed by atoms with E-state index in [2.05, 4.69) is 5.32 Å². The number of anilines is 1. The number of piperazine rings is 1. The van der Waals surface area contributed by atoms with Crippen LogP contribution < -0.4 is 5.32 Å². The SMILES string of the molecule is O=C(CN1CCN(S(=O)(=O)c2c(F)cccc2F)CC1)Nc1ccccc1F. The maximum atomic E-state index is 13.8. The summed E-state index contributed by atoms with van der Waals surface area (Å²) < 4.78 is 67.3. The van der Waals surface area contributed by atoms with Crippen molar-refractivity contribution < 1.29 is 26.4 Å². The van der Waals surface area contributed by atoms with Crippen LogP contribution in [0.4, 0.5) is 18.9 Å². The molecule has 0 spiro atoms. The van der Waals surface area contributed by atoms with E-state index in [1.807, 2.05) is 0 Å². The lowest BCUT2D eigenvalue weighted by Gasteiger charge is -2.33. The first-order valence-corrected chi connectivity index (χ1v) is 9.94. The Balaban J connectivity index is 1.60. The van der Waals surface area contributed by atoms with E-state index in [9.17, 15) is 26.4 Å². The van der Waals surface area contributed by atoms with E-state index in [0.29, 0.717) is 0 Å². The van der Waals surface area contributed by atoms with Gasteiger partial charge < -0.3 is 5.32 Å². The number of nitrogens with one attached hydrogen (secondary N) is 1. The van der Waals surface area contributed by atoms with Crippen LogP contribution in [-0.4, -0.2) is 56.3 Å². The summed E-state index contributed by atoms with van der Waals surface area (Å²) in [5.41, 5.74) is 0.0590. The standard InChI is InChI=1S/C18H18F3N3O3S/c19-13-4-1-2-7-16(13)22-17(25)12-23-8-10-24(11-9-23)28(26,27)18-14(20)5-3-6-15(18)21/h1-7H,8-12H2,(H,22,25). The third-order valence-electron chi connectivity index (χ3n) is 4.36. The predicted molar refractivity (Wildman–Crippen MR) is 96.6 cm³/mol. The lowest BCUT2D eigenvalue weighted by Crippen LogP contribution is -2.50. The van der Waals surface area contributed by atoms with Crippen LogP contribution in [-0.2, 0) is 14.8 Å². The van der Waals surface area contributed by atoms with Gasteiger partial charge in [-0.2, -0.15) is 4.31 Å². The molecule has 1 aliphatic rings. The molecule has 2 aromatic rings. The Kier molecular flexibility index (Phi) is 6.01. The van der Waals surface area contributed by atoms with E-state index >= 15 is 0 Å². The molecule has 0 aliphatic carbocycles. The summed E-state index contributed by atoms with van der Waals surface area (Å²) in [6.45, 7) is 0.280. The minimum Gasteiger partial charge on any atom is -0.322 e. The number of para-hydroxylation sites is 1. The Morgan fingerprint density at radius 3 is 2.07 bits per heavy atom. The molecule has 0 saturated carbocycles. The van der Waals surface area contributed by atoms with Crippen LogP contribution in [0.1, 0.15) is 0 Å². The van der Waals surface area contributed by atoms with E-state index in [4.69, 9.17) is 0 Å². The van der Waals surface area contributed by atoms with Gasteiger partial charge in [-0.1, -0.05) is 18.2 Å². The molecule has 0 bridgehead atoms. The fourth-order valence-electron chi connectivity index (χ4n) is 2.94. The highest BCUT2D eigenvalue weighted by Gasteiger charge is 2.33. The molecule has 0 aromatic heterocycles. The molecule has 150 valence electrons. The average Bonchev–Trinajstić information content (AvgIpc) is 2.64. The maximum absolute atomic E-state index is 13.8. The zero-order valence-corrected chi connectivity index (χ0v) is 15.6. The Bertz CT molecular complexity index is 957. The van der Waals surface area contributed by atoms with Crippen molar-refractivity contribution >= 4 is 21.6 Å². The summed E-state index contributed by atoms with van der Waals surface area (Å²) >= 11 is 0. The number of carbonyl (C=O) groups is 1. The van der Waals surface area contributed by atoms with Crippen molar-refractivity contribution in [2.24, 2.45) is 0 Å². The van der Waals surface area contributed by atoms with Gasteiger partial charge in [-0.3, -0.25) is 9.69 Å². The molecule has 1 fully saturated rings. The van der Waals surface area contributed by atoms with Crippen LogP contribution in [0.2, 0.25) is 0 Å². The second kappa shape index (κ2) is 8.29. The molecule has 3 rings (SSSR count). The lowest BCUT2D eigenvalue weighted by atomic mass is 10.3. The fourth-order valence-corrected chi connectivity index (χ4v) is 4.47. The van der Waals surface area contributed by atoms with Crippen LogP contribution in [0.15, 0.2) is 47.4 Å². The number of sulfonamides is 1. The molecule has 0 radical (unpaired) electrons. The first kappa shape index (κ1) is 20.3. The van der Waals surface area contributed by atoms with E-state index in [1.54, 1.807) is 11.0 Å². The molecule has 1 N–H and O–H groups in total. The molecule has 6 nitrogen and oxygen atoms in total. The molecule has 1 amide bonds. The van der Waals surface area contributed by atoms with Gasteiger partial charge >= 0.3 is 0 Å². The van der Waals surface area contributed by atoms with Gasteiger partial charge in [0.15, 0.2) is 4.90 Å². The monoisotopic (exact) mass is 413 g/mol. The van der Waals surface area contributed by atoms with Crippen molar-refractivity contribution in [3.05, 3.63) is 59.9 Å². The van der Waals surface area contributed by atoms with Gasteiger partial charge in [0.1, 0.15) is 17.5 Å². The molecule has 28 heavy (non-hydrogen) atoms. The molecule has 1 aliphatic heterocycles. The van der Waals surface area contributed by atoms with Crippen LogP contribution in [0.3, 0.4) is 0 Å². The highest BCUT2D eigenvalue weighted by atomic mass is 32.2. The van der Waals surface area contributed by atoms with Crippen molar-refractivity contribution in [3.63, 3.8) is 0 Å². The van der Waals surface area contributed by atoms with Gasteiger partial charge in [-0.25, -0.2) is 21.6 Å². The summed E-state index contributed by atoms with van der Waals surface area (Å²) in [6.07, 6.45) is 0. The van der Waals surface area contributed by atoms with Crippen molar-refractivity contribution in [3.8, 4) is 0 Å². The fraction of sp³-hybridized carbons (Fsp3) is 0.278. The third-order valence-corrected chi connectivity index (χ3v) is 6.31. The van der Waals surface area contributed by atoms with E-state index in [0.717, 1.165) is 22.5 Å². The van der Waals surface area contributed by atoms with Crippen molar-refractivity contribution in [2.75, 3.05) is 38.0 Å². The van der Waals surface area contributed by atoms with Crippen molar-refractivity contribution in [2.45, 2.75) is 4.90 Å². The number of nitrogens with zero attached hydrogens (tertiary/aromatic N) is 2. The second-order valence-corrected chi connectivity index (χ2v) is 8.13. The highest BCUT2D eigenvalue weighted by Crippen LogP contribution is 2.23. The maximum Gasteiger partial charge on any atom is 0.249 e. The Morgan fingerprint density at radius 1 is 0.893 bits per heavy atom. The Labute approximate surface area is 160 Å². The number of rotatable bonds is 5. The number of halogens is 3. The van der Waals surface area contributed by atoms with Gasteiger partial charge in [0, 0.05) is 26.2 Å². The van der Waals surface area contributed by atoms with Crippen LogP contribution in [0.5, 0.6) is 0 Å². The molecule has 0 atom stereocenters. The van der Waals surface area contributed by atoms with Gasteiger partial charge in [0.25, 0.3) is 0 Å². The minimum absolute atomic E-state index is 0.0247. The van der Waals surface area contributed by atoms with E-state index in [1.165, 1.54) is 18.2 Å².